The van der Waals surface area contributed by atoms with E-state index in [-0.39, 0.29) is 18.9 Å². The standard InChI is InChI=1S/C13H12N2O4S/c16-6-1-2-8-5-7-20-11(8)13(19)14-9-3-4-10(17)15-12(9)18/h5,7,9,16H,3-4,6H2,(H,14,19)(H,15,17,18). The van der Waals surface area contributed by atoms with E-state index in [9.17, 15) is 14.4 Å². The van der Waals surface area contributed by atoms with Crippen LogP contribution < -0.4 is 10.6 Å². The molecule has 0 bridgehead atoms. The van der Waals surface area contributed by atoms with Crippen LogP contribution in [-0.2, 0) is 9.59 Å². The molecule has 20 heavy (non-hydrogen) atoms. The highest BCUT2D eigenvalue weighted by molar-refractivity contribution is 7.12. The quantitative estimate of drug-likeness (QED) is 0.512. The van der Waals surface area contributed by atoms with Gasteiger partial charge in [0.2, 0.25) is 11.8 Å². The summed E-state index contributed by atoms with van der Waals surface area (Å²) >= 11 is 1.20. The van der Waals surface area contributed by atoms with Crippen LogP contribution in [0.2, 0.25) is 0 Å². The molecule has 6 nitrogen and oxygen atoms in total. The molecular weight excluding hydrogens is 280 g/mol. The molecule has 1 aliphatic rings. The second kappa shape index (κ2) is 6.32. The molecule has 1 saturated heterocycles. The number of carbonyl (C=O) groups is 3. The minimum Gasteiger partial charge on any atom is -0.384 e. The summed E-state index contributed by atoms with van der Waals surface area (Å²) in [5, 5.41) is 15.1. The molecule has 1 aromatic rings. The van der Waals surface area contributed by atoms with Gasteiger partial charge in [0.15, 0.2) is 0 Å². The van der Waals surface area contributed by atoms with Crippen molar-refractivity contribution in [3.8, 4) is 11.8 Å². The summed E-state index contributed by atoms with van der Waals surface area (Å²) in [7, 11) is 0. The van der Waals surface area contributed by atoms with E-state index >= 15 is 0 Å². The smallest absolute Gasteiger partial charge is 0.263 e. The van der Waals surface area contributed by atoms with E-state index in [1.54, 1.807) is 11.4 Å². The van der Waals surface area contributed by atoms with Crippen LogP contribution in [0.4, 0.5) is 0 Å². The SMILES string of the molecule is O=C1CCC(NC(=O)c2sccc2C#CCO)C(=O)N1. The van der Waals surface area contributed by atoms with Gasteiger partial charge < -0.3 is 10.4 Å². The third-order valence-electron chi connectivity index (χ3n) is 2.72. The number of rotatable bonds is 2. The third-order valence-corrected chi connectivity index (χ3v) is 3.63. The molecule has 1 aromatic heterocycles. The first kappa shape index (κ1) is 14.2. The van der Waals surface area contributed by atoms with Crippen LogP contribution >= 0.6 is 11.3 Å². The van der Waals surface area contributed by atoms with Crippen LogP contribution in [0.25, 0.3) is 0 Å². The lowest BCUT2D eigenvalue weighted by Crippen LogP contribution is -2.52. The van der Waals surface area contributed by atoms with Crippen LogP contribution in [0, 0.1) is 11.8 Å². The summed E-state index contributed by atoms with van der Waals surface area (Å²) in [5.74, 6) is 3.92. The minimum absolute atomic E-state index is 0.207. The fraction of sp³-hybridized carbons (Fsp3) is 0.308. The number of aliphatic hydroxyl groups is 1. The molecule has 3 N–H and O–H groups in total. The van der Waals surface area contributed by atoms with Crippen molar-refractivity contribution in [1.29, 1.82) is 0 Å². The van der Waals surface area contributed by atoms with Gasteiger partial charge in [0.05, 0.1) is 0 Å². The first-order valence-electron chi connectivity index (χ1n) is 5.93. The number of imide groups is 1. The van der Waals surface area contributed by atoms with Gasteiger partial charge in [-0.2, -0.15) is 0 Å². The topological polar surface area (TPSA) is 95.5 Å². The second-order valence-electron chi connectivity index (χ2n) is 4.10. The van der Waals surface area contributed by atoms with Crippen molar-refractivity contribution in [2.75, 3.05) is 6.61 Å². The predicted molar refractivity (Wildman–Crippen MR) is 71.9 cm³/mol. The molecule has 0 spiro atoms. The van der Waals surface area contributed by atoms with Gasteiger partial charge in [-0.1, -0.05) is 11.8 Å². The molecule has 0 aromatic carbocycles. The Hall–Kier alpha value is -2.17. The van der Waals surface area contributed by atoms with E-state index in [1.165, 1.54) is 11.3 Å². The predicted octanol–water partition coefficient (Wildman–Crippen LogP) is -0.373. The number of amides is 3. The average molecular weight is 292 g/mol. The maximum absolute atomic E-state index is 12.1. The Morgan fingerprint density at radius 2 is 2.35 bits per heavy atom. The van der Waals surface area contributed by atoms with E-state index < -0.39 is 17.9 Å². The molecule has 2 heterocycles. The van der Waals surface area contributed by atoms with Crippen LogP contribution in [-0.4, -0.2) is 35.5 Å². The summed E-state index contributed by atoms with van der Waals surface area (Å²) in [6.45, 7) is -0.288. The van der Waals surface area contributed by atoms with Crippen LogP contribution in [0.3, 0.4) is 0 Å². The van der Waals surface area contributed by atoms with Crippen molar-refractivity contribution in [3.63, 3.8) is 0 Å². The van der Waals surface area contributed by atoms with Gasteiger partial charge in [-0.25, -0.2) is 0 Å². The molecule has 0 radical (unpaired) electrons. The largest absolute Gasteiger partial charge is 0.384 e. The van der Waals surface area contributed by atoms with Gasteiger partial charge in [0, 0.05) is 12.0 Å². The van der Waals surface area contributed by atoms with Crippen LogP contribution in [0.1, 0.15) is 28.1 Å². The summed E-state index contributed by atoms with van der Waals surface area (Å²) in [4.78, 5) is 35.1. The molecular formula is C13H12N2O4S. The number of hydrogen-bond donors (Lipinski definition) is 3. The van der Waals surface area contributed by atoms with Gasteiger partial charge in [-0.05, 0) is 17.9 Å². The van der Waals surface area contributed by atoms with Crippen molar-refractivity contribution in [1.82, 2.24) is 10.6 Å². The summed E-state index contributed by atoms with van der Waals surface area (Å²) in [5.41, 5.74) is 0.508. The number of aliphatic hydroxyl groups excluding tert-OH is 1. The van der Waals surface area contributed by atoms with E-state index in [0.29, 0.717) is 16.9 Å². The van der Waals surface area contributed by atoms with Crippen molar-refractivity contribution >= 4 is 29.1 Å². The fourth-order valence-corrected chi connectivity index (χ4v) is 2.53. The maximum atomic E-state index is 12.1. The lowest BCUT2D eigenvalue weighted by molar-refractivity contribution is -0.134. The zero-order valence-electron chi connectivity index (χ0n) is 10.4. The van der Waals surface area contributed by atoms with Crippen molar-refractivity contribution in [2.45, 2.75) is 18.9 Å². The lowest BCUT2D eigenvalue weighted by atomic mass is 10.1. The maximum Gasteiger partial charge on any atom is 0.263 e. The van der Waals surface area contributed by atoms with Crippen molar-refractivity contribution < 1.29 is 19.5 Å². The van der Waals surface area contributed by atoms with E-state index in [1.807, 2.05) is 0 Å². The Bertz CT molecular complexity index is 611. The zero-order chi connectivity index (χ0) is 14.5. The molecule has 1 atom stereocenters. The molecule has 7 heteroatoms. The number of thiophene rings is 1. The Labute approximate surface area is 119 Å². The number of carbonyl (C=O) groups excluding carboxylic acids is 3. The van der Waals surface area contributed by atoms with E-state index in [4.69, 9.17) is 5.11 Å². The Morgan fingerprint density at radius 3 is 3.05 bits per heavy atom. The van der Waals surface area contributed by atoms with E-state index in [0.717, 1.165) is 0 Å². The first-order valence-corrected chi connectivity index (χ1v) is 6.81. The first-order chi connectivity index (χ1) is 9.61. The third kappa shape index (κ3) is 3.23. The van der Waals surface area contributed by atoms with Crippen LogP contribution in [0.15, 0.2) is 11.4 Å². The van der Waals surface area contributed by atoms with Gasteiger partial charge in [0.25, 0.3) is 5.91 Å². The number of hydrogen-bond acceptors (Lipinski definition) is 5. The summed E-state index contributed by atoms with van der Waals surface area (Å²) in [6, 6.07) is 0.966. The molecule has 0 saturated carbocycles. The summed E-state index contributed by atoms with van der Waals surface area (Å²) < 4.78 is 0. The lowest BCUT2D eigenvalue weighted by Gasteiger charge is -2.21. The average Bonchev–Trinajstić information content (AvgIpc) is 2.88. The van der Waals surface area contributed by atoms with Gasteiger partial charge in [-0.3, -0.25) is 19.7 Å². The monoisotopic (exact) mass is 292 g/mol. The Morgan fingerprint density at radius 1 is 1.55 bits per heavy atom. The van der Waals surface area contributed by atoms with Gasteiger partial charge in [0.1, 0.15) is 17.5 Å². The van der Waals surface area contributed by atoms with Crippen molar-refractivity contribution in [2.24, 2.45) is 0 Å². The minimum atomic E-state index is -0.707. The fourth-order valence-electron chi connectivity index (χ4n) is 1.77. The van der Waals surface area contributed by atoms with E-state index in [2.05, 4.69) is 22.5 Å². The molecule has 2 rings (SSSR count). The van der Waals surface area contributed by atoms with Crippen molar-refractivity contribution in [3.05, 3.63) is 21.9 Å². The van der Waals surface area contributed by atoms with Gasteiger partial charge in [-0.15, -0.1) is 11.3 Å². The molecule has 104 valence electrons. The van der Waals surface area contributed by atoms with Gasteiger partial charge >= 0.3 is 0 Å². The summed E-state index contributed by atoms with van der Waals surface area (Å²) in [6.07, 6.45) is 0.498. The van der Waals surface area contributed by atoms with Crippen LogP contribution in [0.5, 0.6) is 0 Å². The number of nitrogens with one attached hydrogen (secondary N) is 2. The second-order valence-corrected chi connectivity index (χ2v) is 5.02. The Balaban J connectivity index is 2.07. The molecule has 1 aliphatic heterocycles. The number of piperidine rings is 1. The highest BCUT2D eigenvalue weighted by Crippen LogP contribution is 2.16. The molecule has 1 fully saturated rings. The molecule has 3 amide bonds. The zero-order valence-corrected chi connectivity index (χ0v) is 11.3. The highest BCUT2D eigenvalue weighted by atomic mass is 32.1. The normalized spacial score (nSPS) is 17.9. The molecule has 1 unspecified atom stereocenters. The highest BCUT2D eigenvalue weighted by Gasteiger charge is 2.28. The molecule has 0 aliphatic carbocycles. The Kier molecular flexibility index (Phi) is 4.50.